The molecule has 3 rings (SSSR count). The van der Waals surface area contributed by atoms with Crippen LogP contribution in [-0.2, 0) is 6.42 Å². The lowest BCUT2D eigenvalue weighted by atomic mass is 9.98. The molecule has 0 heterocycles. The smallest absolute Gasteiger partial charge is 0.119 e. The minimum atomic E-state index is 0.335. The summed E-state index contributed by atoms with van der Waals surface area (Å²) in [6.45, 7) is 2.14. The standard InChI is InChI=1S/C19H23NO/c1-14-4-3-5-15(12-14)13-19(20-2)16-6-8-17(9-7-16)21-18-10-11-18/h3-9,12,18-20H,10-11,13H2,1-2H3. The number of aryl methyl sites for hydroxylation is 1. The third-order valence-corrected chi connectivity index (χ3v) is 3.98. The average molecular weight is 281 g/mol. The number of benzene rings is 2. The molecule has 21 heavy (non-hydrogen) atoms. The molecule has 2 nitrogen and oxygen atoms in total. The van der Waals surface area contributed by atoms with Crippen molar-refractivity contribution in [3.05, 3.63) is 65.2 Å². The van der Waals surface area contributed by atoms with Crippen molar-refractivity contribution in [2.45, 2.75) is 38.3 Å². The van der Waals surface area contributed by atoms with Gasteiger partial charge in [0.05, 0.1) is 6.10 Å². The molecule has 2 heteroatoms. The Bertz CT molecular complexity index is 587. The zero-order valence-corrected chi connectivity index (χ0v) is 12.8. The van der Waals surface area contributed by atoms with Gasteiger partial charge in [0.1, 0.15) is 5.75 Å². The maximum Gasteiger partial charge on any atom is 0.119 e. The van der Waals surface area contributed by atoms with Crippen LogP contribution in [0.2, 0.25) is 0 Å². The first kappa shape index (κ1) is 14.2. The van der Waals surface area contributed by atoms with E-state index in [1.165, 1.54) is 29.5 Å². The lowest BCUT2D eigenvalue weighted by Gasteiger charge is -2.17. The Morgan fingerprint density at radius 3 is 2.52 bits per heavy atom. The highest BCUT2D eigenvalue weighted by Crippen LogP contribution is 2.28. The molecule has 1 aliphatic rings. The molecule has 1 fully saturated rings. The summed E-state index contributed by atoms with van der Waals surface area (Å²) in [5.41, 5.74) is 3.99. The Labute approximate surface area is 127 Å². The fraction of sp³-hybridized carbons (Fsp3) is 0.368. The van der Waals surface area contributed by atoms with E-state index in [4.69, 9.17) is 4.74 Å². The van der Waals surface area contributed by atoms with Gasteiger partial charge in [0.15, 0.2) is 0 Å². The molecule has 0 radical (unpaired) electrons. The van der Waals surface area contributed by atoms with E-state index in [-0.39, 0.29) is 0 Å². The molecule has 0 saturated heterocycles. The molecule has 0 aliphatic heterocycles. The number of hydrogen-bond donors (Lipinski definition) is 1. The van der Waals surface area contributed by atoms with Gasteiger partial charge in [-0.3, -0.25) is 0 Å². The second-order valence-electron chi connectivity index (χ2n) is 5.92. The molecule has 1 saturated carbocycles. The van der Waals surface area contributed by atoms with Crippen LogP contribution in [-0.4, -0.2) is 13.2 Å². The maximum atomic E-state index is 5.81. The van der Waals surface area contributed by atoms with Crippen LogP contribution in [0.5, 0.6) is 5.75 Å². The van der Waals surface area contributed by atoms with Crippen molar-refractivity contribution in [3.8, 4) is 5.75 Å². The SMILES string of the molecule is CNC(Cc1cccc(C)c1)c1ccc(OC2CC2)cc1. The van der Waals surface area contributed by atoms with Gasteiger partial charge in [0.2, 0.25) is 0 Å². The van der Waals surface area contributed by atoms with Crippen molar-refractivity contribution in [1.29, 1.82) is 0 Å². The van der Waals surface area contributed by atoms with Crippen molar-refractivity contribution in [1.82, 2.24) is 5.32 Å². The molecule has 0 bridgehead atoms. The average Bonchev–Trinajstić information content (AvgIpc) is 3.30. The Hall–Kier alpha value is -1.80. The zero-order chi connectivity index (χ0) is 14.7. The predicted molar refractivity (Wildman–Crippen MR) is 86.8 cm³/mol. The second kappa shape index (κ2) is 6.31. The predicted octanol–water partition coefficient (Wildman–Crippen LogP) is 4.04. The van der Waals surface area contributed by atoms with Crippen molar-refractivity contribution < 1.29 is 4.74 Å². The normalized spacial score (nSPS) is 15.7. The summed E-state index contributed by atoms with van der Waals surface area (Å²) in [4.78, 5) is 0. The van der Waals surface area contributed by atoms with Crippen LogP contribution in [0.1, 0.15) is 35.6 Å². The zero-order valence-electron chi connectivity index (χ0n) is 12.8. The molecule has 0 amide bonds. The van der Waals surface area contributed by atoms with Crippen LogP contribution in [0.15, 0.2) is 48.5 Å². The summed E-state index contributed by atoms with van der Waals surface area (Å²) < 4.78 is 5.81. The largest absolute Gasteiger partial charge is 0.490 e. The number of hydrogen-bond acceptors (Lipinski definition) is 2. The number of likely N-dealkylation sites (N-methyl/N-ethyl adjacent to an activating group) is 1. The van der Waals surface area contributed by atoms with Crippen LogP contribution in [0.4, 0.5) is 0 Å². The summed E-state index contributed by atoms with van der Waals surface area (Å²) in [5.74, 6) is 0.992. The topological polar surface area (TPSA) is 21.3 Å². The van der Waals surface area contributed by atoms with Gasteiger partial charge in [-0.25, -0.2) is 0 Å². The van der Waals surface area contributed by atoms with Crippen molar-refractivity contribution in [2.75, 3.05) is 7.05 Å². The highest BCUT2D eigenvalue weighted by atomic mass is 16.5. The van der Waals surface area contributed by atoms with E-state index in [9.17, 15) is 0 Å². The van der Waals surface area contributed by atoms with Gasteiger partial charge >= 0.3 is 0 Å². The van der Waals surface area contributed by atoms with Crippen molar-refractivity contribution in [3.63, 3.8) is 0 Å². The summed E-state index contributed by atoms with van der Waals surface area (Å²) in [6, 6.07) is 17.6. The third-order valence-electron chi connectivity index (χ3n) is 3.98. The van der Waals surface area contributed by atoms with E-state index in [0.29, 0.717) is 12.1 Å². The molecule has 1 atom stereocenters. The molecule has 110 valence electrons. The Morgan fingerprint density at radius 2 is 1.90 bits per heavy atom. The van der Waals surface area contributed by atoms with Gasteiger partial charge in [-0.15, -0.1) is 0 Å². The van der Waals surface area contributed by atoms with E-state index in [1.54, 1.807) is 0 Å². The first-order chi connectivity index (χ1) is 10.2. The van der Waals surface area contributed by atoms with Gasteiger partial charge < -0.3 is 10.1 Å². The van der Waals surface area contributed by atoms with Crippen molar-refractivity contribution >= 4 is 0 Å². The van der Waals surface area contributed by atoms with Gasteiger partial charge in [0, 0.05) is 6.04 Å². The third kappa shape index (κ3) is 3.85. The van der Waals surface area contributed by atoms with E-state index in [1.807, 2.05) is 7.05 Å². The molecule has 1 aliphatic carbocycles. The number of nitrogens with one attached hydrogen (secondary N) is 1. The first-order valence-corrected chi connectivity index (χ1v) is 7.74. The molecule has 0 spiro atoms. The summed E-state index contributed by atoms with van der Waals surface area (Å²) in [7, 11) is 2.02. The van der Waals surface area contributed by atoms with E-state index in [0.717, 1.165) is 12.2 Å². The Morgan fingerprint density at radius 1 is 1.14 bits per heavy atom. The van der Waals surface area contributed by atoms with E-state index < -0.39 is 0 Å². The monoisotopic (exact) mass is 281 g/mol. The molecular formula is C19H23NO. The Balaban J connectivity index is 1.69. The van der Waals surface area contributed by atoms with Crippen LogP contribution in [0.3, 0.4) is 0 Å². The van der Waals surface area contributed by atoms with Crippen LogP contribution in [0.25, 0.3) is 0 Å². The molecule has 2 aromatic carbocycles. The van der Waals surface area contributed by atoms with Crippen molar-refractivity contribution in [2.24, 2.45) is 0 Å². The Kier molecular flexibility index (Phi) is 4.26. The van der Waals surface area contributed by atoms with Crippen LogP contribution >= 0.6 is 0 Å². The minimum Gasteiger partial charge on any atom is -0.490 e. The molecular weight excluding hydrogens is 258 g/mol. The quantitative estimate of drug-likeness (QED) is 0.863. The first-order valence-electron chi connectivity index (χ1n) is 7.74. The van der Waals surface area contributed by atoms with Gasteiger partial charge in [0.25, 0.3) is 0 Å². The highest BCUT2D eigenvalue weighted by molar-refractivity contribution is 5.31. The van der Waals surface area contributed by atoms with Crippen LogP contribution in [0, 0.1) is 6.92 Å². The molecule has 1 unspecified atom stereocenters. The van der Waals surface area contributed by atoms with E-state index in [2.05, 4.69) is 60.8 Å². The number of ether oxygens (including phenoxy) is 1. The highest BCUT2D eigenvalue weighted by Gasteiger charge is 2.23. The van der Waals surface area contributed by atoms with Gasteiger partial charge in [-0.05, 0) is 56.5 Å². The fourth-order valence-electron chi connectivity index (χ4n) is 2.62. The molecule has 0 aromatic heterocycles. The summed E-state index contributed by atoms with van der Waals surface area (Å²) in [6.07, 6.45) is 3.87. The number of rotatable bonds is 6. The maximum absolute atomic E-state index is 5.81. The summed E-state index contributed by atoms with van der Waals surface area (Å²) in [5, 5.41) is 3.42. The van der Waals surface area contributed by atoms with Gasteiger partial charge in [-0.1, -0.05) is 42.0 Å². The molecule has 1 N–H and O–H groups in total. The van der Waals surface area contributed by atoms with Crippen LogP contribution < -0.4 is 10.1 Å². The minimum absolute atomic E-state index is 0.335. The second-order valence-corrected chi connectivity index (χ2v) is 5.92. The lowest BCUT2D eigenvalue weighted by Crippen LogP contribution is -2.18. The van der Waals surface area contributed by atoms with E-state index >= 15 is 0 Å². The lowest BCUT2D eigenvalue weighted by molar-refractivity contribution is 0.303. The van der Waals surface area contributed by atoms with Gasteiger partial charge in [-0.2, -0.15) is 0 Å². The fourth-order valence-corrected chi connectivity index (χ4v) is 2.62. The molecule has 2 aromatic rings. The summed E-state index contributed by atoms with van der Waals surface area (Å²) >= 11 is 0.